The third-order valence-electron chi connectivity index (χ3n) is 4.54. The first-order valence-corrected chi connectivity index (χ1v) is 7.89. The minimum Gasteiger partial charge on any atom is -0.379 e. The fourth-order valence-corrected chi connectivity index (χ4v) is 3.59. The van der Waals surface area contributed by atoms with Gasteiger partial charge in [-0.2, -0.15) is 0 Å². The van der Waals surface area contributed by atoms with E-state index >= 15 is 0 Å². The van der Waals surface area contributed by atoms with Crippen molar-refractivity contribution in [2.24, 2.45) is 0 Å². The van der Waals surface area contributed by atoms with Crippen LogP contribution >= 0.6 is 0 Å². The van der Waals surface area contributed by atoms with Crippen molar-refractivity contribution in [2.75, 3.05) is 26.3 Å². The third-order valence-corrected chi connectivity index (χ3v) is 4.54. The molecule has 2 rings (SSSR count). The van der Waals surface area contributed by atoms with E-state index < -0.39 is 0 Å². The van der Waals surface area contributed by atoms with Crippen LogP contribution in [-0.4, -0.2) is 49.3 Å². The first kappa shape index (κ1) is 14.3. The molecular formula is C15H30N2O. The van der Waals surface area contributed by atoms with Crippen molar-refractivity contribution in [3.05, 3.63) is 0 Å². The summed E-state index contributed by atoms with van der Waals surface area (Å²) in [5, 5.41) is 3.74. The molecule has 1 saturated heterocycles. The van der Waals surface area contributed by atoms with Gasteiger partial charge in [0.05, 0.1) is 13.2 Å². The number of hydrogen-bond acceptors (Lipinski definition) is 3. The van der Waals surface area contributed by atoms with Crippen LogP contribution in [0.15, 0.2) is 0 Å². The van der Waals surface area contributed by atoms with Gasteiger partial charge in [-0.1, -0.05) is 32.6 Å². The average molecular weight is 254 g/mol. The van der Waals surface area contributed by atoms with Gasteiger partial charge in [0.1, 0.15) is 0 Å². The zero-order valence-electron chi connectivity index (χ0n) is 12.2. The van der Waals surface area contributed by atoms with Gasteiger partial charge in [0.25, 0.3) is 0 Å². The van der Waals surface area contributed by atoms with Crippen molar-refractivity contribution >= 4 is 0 Å². The summed E-state index contributed by atoms with van der Waals surface area (Å²) in [6.07, 6.45) is 8.36. The number of likely N-dealkylation sites (N-methyl/N-ethyl adjacent to an activating group) is 1. The first-order chi connectivity index (χ1) is 8.83. The normalized spacial score (nSPS) is 36.0. The van der Waals surface area contributed by atoms with Crippen molar-refractivity contribution < 1.29 is 4.74 Å². The maximum Gasteiger partial charge on any atom is 0.0619 e. The Bertz CT molecular complexity index is 235. The molecule has 106 valence electrons. The Morgan fingerprint density at radius 2 is 1.94 bits per heavy atom. The molecule has 1 heterocycles. The largest absolute Gasteiger partial charge is 0.379 e. The van der Waals surface area contributed by atoms with Gasteiger partial charge in [0, 0.05) is 24.7 Å². The van der Waals surface area contributed by atoms with Crippen molar-refractivity contribution in [3.8, 4) is 0 Å². The highest BCUT2D eigenvalue weighted by Crippen LogP contribution is 2.24. The van der Waals surface area contributed by atoms with Gasteiger partial charge >= 0.3 is 0 Å². The van der Waals surface area contributed by atoms with E-state index in [1.54, 1.807) is 0 Å². The van der Waals surface area contributed by atoms with Crippen LogP contribution in [0.25, 0.3) is 0 Å². The van der Waals surface area contributed by atoms with E-state index in [2.05, 4.69) is 24.1 Å². The summed E-state index contributed by atoms with van der Waals surface area (Å²) in [6, 6.07) is 2.00. The van der Waals surface area contributed by atoms with E-state index in [1.807, 2.05) is 0 Å². The molecule has 18 heavy (non-hydrogen) atoms. The van der Waals surface area contributed by atoms with Crippen LogP contribution in [0.4, 0.5) is 0 Å². The monoisotopic (exact) mass is 254 g/mol. The van der Waals surface area contributed by atoms with Crippen LogP contribution in [0.1, 0.15) is 52.4 Å². The first-order valence-electron chi connectivity index (χ1n) is 7.89. The van der Waals surface area contributed by atoms with E-state index in [0.717, 1.165) is 32.3 Å². The van der Waals surface area contributed by atoms with E-state index in [1.165, 1.54) is 38.5 Å². The fraction of sp³-hybridized carbons (Fsp3) is 1.00. The molecule has 0 bridgehead atoms. The molecule has 2 aliphatic rings. The second kappa shape index (κ2) is 7.46. The van der Waals surface area contributed by atoms with Gasteiger partial charge in [-0.15, -0.1) is 0 Å². The Morgan fingerprint density at radius 1 is 1.17 bits per heavy atom. The quantitative estimate of drug-likeness (QED) is 0.837. The predicted molar refractivity (Wildman–Crippen MR) is 75.9 cm³/mol. The number of rotatable bonds is 3. The lowest BCUT2D eigenvalue weighted by Gasteiger charge is -2.44. The minimum atomic E-state index is 0.587. The van der Waals surface area contributed by atoms with Crippen molar-refractivity contribution in [3.63, 3.8) is 0 Å². The van der Waals surface area contributed by atoms with E-state index in [9.17, 15) is 0 Å². The maximum atomic E-state index is 5.59. The van der Waals surface area contributed by atoms with Crippen LogP contribution in [0.2, 0.25) is 0 Å². The minimum absolute atomic E-state index is 0.587. The highest BCUT2D eigenvalue weighted by atomic mass is 16.5. The molecule has 0 aromatic carbocycles. The van der Waals surface area contributed by atoms with Crippen LogP contribution in [0.3, 0.4) is 0 Å². The zero-order chi connectivity index (χ0) is 12.8. The Morgan fingerprint density at radius 3 is 2.67 bits per heavy atom. The van der Waals surface area contributed by atoms with E-state index in [4.69, 9.17) is 4.74 Å². The molecule has 0 aromatic heterocycles. The van der Waals surface area contributed by atoms with Gasteiger partial charge < -0.3 is 10.1 Å². The third kappa shape index (κ3) is 3.69. The molecule has 0 amide bonds. The summed E-state index contributed by atoms with van der Waals surface area (Å²) < 4.78 is 5.59. The van der Waals surface area contributed by atoms with Gasteiger partial charge in [-0.05, 0) is 26.3 Å². The summed E-state index contributed by atoms with van der Waals surface area (Å²) in [5.74, 6) is 0. The molecule has 1 aliphatic heterocycles. The molecule has 3 nitrogen and oxygen atoms in total. The second-order valence-electron chi connectivity index (χ2n) is 5.88. The van der Waals surface area contributed by atoms with Crippen LogP contribution in [-0.2, 0) is 4.74 Å². The molecule has 1 N–H and O–H groups in total. The van der Waals surface area contributed by atoms with E-state index in [-0.39, 0.29) is 0 Å². The van der Waals surface area contributed by atoms with E-state index in [0.29, 0.717) is 12.1 Å². The predicted octanol–water partition coefficient (Wildman–Crippen LogP) is 2.41. The summed E-state index contributed by atoms with van der Waals surface area (Å²) in [7, 11) is 0. The lowest BCUT2D eigenvalue weighted by atomic mass is 9.90. The van der Waals surface area contributed by atoms with Crippen molar-refractivity contribution in [2.45, 2.75) is 70.5 Å². The molecule has 0 aromatic rings. The average Bonchev–Trinajstić information content (AvgIpc) is 2.35. The topological polar surface area (TPSA) is 24.5 Å². The van der Waals surface area contributed by atoms with Gasteiger partial charge in [-0.3, -0.25) is 4.90 Å². The maximum absolute atomic E-state index is 5.59. The molecule has 3 atom stereocenters. The molecule has 1 saturated carbocycles. The van der Waals surface area contributed by atoms with Crippen molar-refractivity contribution in [1.29, 1.82) is 0 Å². The standard InChI is InChI=1S/C15H30N2O/c1-3-16-14-8-6-4-5-7-9-15(14)17-10-11-18-12-13(17)2/h13-16H,3-12H2,1-2H3. The number of morpholine rings is 1. The van der Waals surface area contributed by atoms with Crippen LogP contribution in [0.5, 0.6) is 0 Å². The SMILES string of the molecule is CCNC1CCCCCCC1N1CCOCC1C. The number of ether oxygens (including phenoxy) is 1. The number of hydrogen-bond donors (Lipinski definition) is 1. The van der Waals surface area contributed by atoms with Gasteiger partial charge in [0.15, 0.2) is 0 Å². The fourth-order valence-electron chi connectivity index (χ4n) is 3.59. The highest BCUT2D eigenvalue weighted by molar-refractivity contribution is 4.89. The van der Waals surface area contributed by atoms with Crippen LogP contribution < -0.4 is 5.32 Å². The van der Waals surface area contributed by atoms with Gasteiger partial charge in [-0.25, -0.2) is 0 Å². The zero-order valence-corrected chi connectivity index (χ0v) is 12.2. The Labute approximate surface area is 112 Å². The molecule has 3 unspecified atom stereocenters. The Hall–Kier alpha value is -0.120. The second-order valence-corrected chi connectivity index (χ2v) is 5.88. The summed E-state index contributed by atoms with van der Waals surface area (Å²) in [6.45, 7) is 8.60. The molecule has 3 heteroatoms. The number of nitrogens with zero attached hydrogens (tertiary/aromatic N) is 1. The number of nitrogens with one attached hydrogen (secondary N) is 1. The van der Waals surface area contributed by atoms with Crippen LogP contribution in [0, 0.1) is 0 Å². The highest BCUT2D eigenvalue weighted by Gasteiger charge is 2.32. The lowest BCUT2D eigenvalue weighted by molar-refractivity contribution is -0.0337. The lowest BCUT2D eigenvalue weighted by Crippen LogP contribution is -2.57. The molecule has 0 radical (unpaired) electrons. The van der Waals surface area contributed by atoms with Crippen molar-refractivity contribution in [1.82, 2.24) is 10.2 Å². The Kier molecular flexibility index (Phi) is 5.93. The summed E-state index contributed by atoms with van der Waals surface area (Å²) in [5.41, 5.74) is 0. The Balaban J connectivity index is 2.02. The smallest absolute Gasteiger partial charge is 0.0619 e. The molecule has 1 aliphatic carbocycles. The molecule has 2 fully saturated rings. The summed E-state index contributed by atoms with van der Waals surface area (Å²) in [4.78, 5) is 2.71. The summed E-state index contributed by atoms with van der Waals surface area (Å²) >= 11 is 0. The molecular weight excluding hydrogens is 224 g/mol. The van der Waals surface area contributed by atoms with Gasteiger partial charge in [0.2, 0.25) is 0 Å². The molecule has 0 spiro atoms.